The molecular formula is C3H12N2O. The summed E-state index contributed by atoms with van der Waals surface area (Å²) in [6, 6.07) is 0. The fourth-order valence-corrected chi connectivity index (χ4v) is 0.118. The third-order valence-electron chi connectivity index (χ3n) is 0.408. The van der Waals surface area contributed by atoms with E-state index in [9.17, 15) is 0 Å². The lowest BCUT2D eigenvalue weighted by atomic mass is 10.4. The van der Waals surface area contributed by atoms with Gasteiger partial charge in [0.1, 0.15) is 0 Å². The van der Waals surface area contributed by atoms with Gasteiger partial charge in [-0.3, -0.25) is 0 Å². The van der Waals surface area contributed by atoms with Gasteiger partial charge in [-0.15, -0.1) is 0 Å². The van der Waals surface area contributed by atoms with Gasteiger partial charge in [0.2, 0.25) is 0 Å². The zero-order valence-electron chi connectivity index (χ0n) is 3.78. The quantitative estimate of drug-likeness (QED) is 0.433. The van der Waals surface area contributed by atoms with E-state index in [2.05, 4.69) is 0 Å². The molecule has 0 bridgehead atoms. The summed E-state index contributed by atoms with van der Waals surface area (Å²) in [7, 11) is 0. The van der Waals surface area contributed by atoms with Gasteiger partial charge in [0.05, 0.1) is 0 Å². The summed E-state index contributed by atoms with van der Waals surface area (Å²) < 4.78 is 0. The summed E-state index contributed by atoms with van der Waals surface area (Å²) in [4.78, 5) is 0. The van der Waals surface area contributed by atoms with Gasteiger partial charge in [0.15, 0.2) is 0 Å². The minimum Gasteiger partial charge on any atom is -0.412 e. The van der Waals surface area contributed by atoms with Crippen molar-refractivity contribution in [3.05, 3.63) is 0 Å². The average Bonchev–Trinajstić information content (AvgIpc) is 1.41. The maximum Gasteiger partial charge on any atom is -0.00653 e. The zero-order chi connectivity index (χ0) is 4.12. The Balaban J connectivity index is 0. The summed E-state index contributed by atoms with van der Waals surface area (Å²) in [6.07, 6.45) is 0.944. The lowest BCUT2D eigenvalue weighted by molar-refractivity contribution is 0.824. The first-order chi connectivity index (χ1) is 2.41. The van der Waals surface area contributed by atoms with Crippen LogP contribution in [0.15, 0.2) is 0 Å². The molecule has 0 aromatic heterocycles. The molecule has 3 heteroatoms. The maximum atomic E-state index is 5.06. The molecule has 0 atom stereocenters. The summed E-state index contributed by atoms with van der Waals surface area (Å²) in [6.45, 7) is 1.44. The van der Waals surface area contributed by atoms with E-state index >= 15 is 0 Å². The second-order valence-electron chi connectivity index (χ2n) is 0.931. The van der Waals surface area contributed by atoms with Gasteiger partial charge >= 0.3 is 0 Å². The Hall–Kier alpha value is -0.120. The number of hydrogen-bond donors (Lipinski definition) is 2. The third kappa shape index (κ3) is 9.11. The summed E-state index contributed by atoms with van der Waals surface area (Å²) in [5.74, 6) is 0. The van der Waals surface area contributed by atoms with Crippen molar-refractivity contribution >= 4 is 0 Å². The Morgan fingerprint density at radius 2 is 1.33 bits per heavy atom. The van der Waals surface area contributed by atoms with Gasteiger partial charge in [0.25, 0.3) is 0 Å². The van der Waals surface area contributed by atoms with Crippen LogP contribution in [-0.4, -0.2) is 18.6 Å². The van der Waals surface area contributed by atoms with Crippen molar-refractivity contribution in [1.82, 2.24) is 0 Å². The van der Waals surface area contributed by atoms with E-state index in [1.165, 1.54) is 0 Å². The zero-order valence-corrected chi connectivity index (χ0v) is 3.78. The molecule has 0 aliphatic heterocycles. The van der Waals surface area contributed by atoms with Crippen LogP contribution in [0.2, 0.25) is 0 Å². The van der Waals surface area contributed by atoms with Gasteiger partial charge in [-0.1, -0.05) is 0 Å². The highest BCUT2D eigenvalue weighted by Crippen LogP contribution is 1.58. The average molecular weight is 92.1 g/mol. The van der Waals surface area contributed by atoms with Crippen LogP contribution in [0, 0.1) is 0 Å². The lowest BCUT2D eigenvalue weighted by Crippen LogP contribution is -2.06. The van der Waals surface area contributed by atoms with Crippen LogP contribution >= 0.6 is 0 Å². The van der Waals surface area contributed by atoms with Gasteiger partial charge in [-0.2, -0.15) is 0 Å². The molecule has 0 spiro atoms. The number of nitrogens with two attached hydrogens (primary N) is 2. The molecule has 0 radical (unpaired) electrons. The van der Waals surface area contributed by atoms with Gasteiger partial charge in [-0.05, 0) is 19.5 Å². The molecule has 0 rings (SSSR count). The van der Waals surface area contributed by atoms with Gasteiger partial charge in [0, 0.05) is 0 Å². The van der Waals surface area contributed by atoms with Crippen molar-refractivity contribution in [2.24, 2.45) is 11.5 Å². The van der Waals surface area contributed by atoms with Crippen molar-refractivity contribution in [3.8, 4) is 0 Å². The van der Waals surface area contributed by atoms with Crippen LogP contribution in [-0.2, 0) is 0 Å². The molecule has 0 fully saturated rings. The van der Waals surface area contributed by atoms with Crippen molar-refractivity contribution < 1.29 is 5.48 Å². The molecule has 0 unspecified atom stereocenters. The lowest BCUT2D eigenvalue weighted by Gasteiger charge is -1.81. The van der Waals surface area contributed by atoms with E-state index in [1.807, 2.05) is 0 Å². The number of rotatable bonds is 2. The molecule has 0 aromatic carbocycles. The Bertz CT molecular complexity index is 16.3. The van der Waals surface area contributed by atoms with E-state index in [4.69, 9.17) is 11.5 Å². The third-order valence-corrected chi connectivity index (χ3v) is 0.408. The highest BCUT2D eigenvalue weighted by atomic mass is 16.0. The van der Waals surface area contributed by atoms with E-state index in [0.717, 1.165) is 19.5 Å². The van der Waals surface area contributed by atoms with Crippen LogP contribution in [0.3, 0.4) is 0 Å². The second-order valence-corrected chi connectivity index (χ2v) is 0.931. The Kier molecular flexibility index (Phi) is 13.7. The van der Waals surface area contributed by atoms with Crippen molar-refractivity contribution in [2.45, 2.75) is 6.42 Å². The first-order valence-corrected chi connectivity index (χ1v) is 1.82. The van der Waals surface area contributed by atoms with Crippen LogP contribution in [0.4, 0.5) is 0 Å². The van der Waals surface area contributed by atoms with Crippen molar-refractivity contribution in [2.75, 3.05) is 13.1 Å². The minimum absolute atomic E-state index is 0. The predicted octanol–water partition coefficient (Wildman–Crippen LogP) is -1.53. The molecule has 0 heterocycles. The van der Waals surface area contributed by atoms with E-state index in [-0.39, 0.29) is 5.48 Å². The smallest absolute Gasteiger partial charge is 0.00653 e. The summed E-state index contributed by atoms with van der Waals surface area (Å²) in [5.41, 5.74) is 10.1. The van der Waals surface area contributed by atoms with E-state index < -0.39 is 0 Å². The SMILES string of the molecule is NCCCN.O. The van der Waals surface area contributed by atoms with Crippen molar-refractivity contribution in [1.29, 1.82) is 0 Å². The fraction of sp³-hybridized carbons (Fsp3) is 1.00. The Morgan fingerprint density at radius 1 is 1.00 bits per heavy atom. The maximum absolute atomic E-state index is 5.06. The van der Waals surface area contributed by atoms with Crippen LogP contribution in [0.5, 0.6) is 0 Å². The fourth-order valence-electron chi connectivity index (χ4n) is 0.118. The molecule has 0 saturated carbocycles. The molecule has 0 amide bonds. The molecule has 6 heavy (non-hydrogen) atoms. The highest BCUT2D eigenvalue weighted by Gasteiger charge is 1.67. The van der Waals surface area contributed by atoms with Crippen LogP contribution < -0.4 is 11.5 Å². The molecular weight excluding hydrogens is 80.0 g/mol. The largest absolute Gasteiger partial charge is 0.412 e. The first kappa shape index (κ1) is 9.30. The van der Waals surface area contributed by atoms with E-state index in [0.29, 0.717) is 0 Å². The molecule has 3 nitrogen and oxygen atoms in total. The predicted molar refractivity (Wildman–Crippen MR) is 26.3 cm³/mol. The number of hydrogen-bond acceptors (Lipinski definition) is 2. The topological polar surface area (TPSA) is 83.5 Å². The molecule has 0 aliphatic carbocycles. The summed E-state index contributed by atoms with van der Waals surface area (Å²) in [5, 5.41) is 0. The minimum atomic E-state index is 0. The first-order valence-electron chi connectivity index (χ1n) is 1.82. The molecule has 0 aliphatic rings. The normalized spacial score (nSPS) is 7.00. The molecule has 40 valence electrons. The van der Waals surface area contributed by atoms with E-state index in [1.54, 1.807) is 0 Å². The molecule has 6 N–H and O–H groups in total. The van der Waals surface area contributed by atoms with Gasteiger partial charge < -0.3 is 16.9 Å². The summed E-state index contributed by atoms with van der Waals surface area (Å²) >= 11 is 0. The monoisotopic (exact) mass is 92.1 g/mol. The molecule has 0 saturated heterocycles. The second kappa shape index (κ2) is 8.86. The highest BCUT2D eigenvalue weighted by molar-refractivity contribution is 4.33. The van der Waals surface area contributed by atoms with Crippen LogP contribution in [0.25, 0.3) is 0 Å². The Morgan fingerprint density at radius 3 is 1.33 bits per heavy atom. The molecule has 0 aromatic rings. The van der Waals surface area contributed by atoms with Crippen molar-refractivity contribution in [3.63, 3.8) is 0 Å². The van der Waals surface area contributed by atoms with Crippen LogP contribution in [0.1, 0.15) is 6.42 Å². The standard InChI is InChI=1S/C3H10N2.H2O/c4-2-1-3-5;/h1-5H2;1H2. The van der Waals surface area contributed by atoms with Gasteiger partial charge in [-0.25, -0.2) is 0 Å². The Labute approximate surface area is 37.6 Å².